The van der Waals surface area contributed by atoms with Gasteiger partial charge in [-0.15, -0.1) is 0 Å². The second kappa shape index (κ2) is 8.90. The molecule has 0 fully saturated rings. The number of rotatable bonds is 10. The first kappa shape index (κ1) is 15.8. The fraction of sp³-hybridized carbons (Fsp3) is 1.00. The van der Waals surface area contributed by atoms with Crippen LogP contribution in [0.4, 0.5) is 0 Å². The Labute approximate surface area is 97.5 Å². The zero-order chi connectivity index (χ0) is 12.4. The fourth-order valence-corrected chi connectivity index (χ4v) is 1.91. The molecular formula is C11H26N2O3. The van der Waals surface area contributed by atoms with Gasteiger partial charge in [-0.25, -0.2) is 0 Å². The molecule has 0 saturated heterocycles. The minimum atomic E-state index is -0.541. The maximum atomic E-state index is 8.83. The van der Waals surface area contributed by atoms with Crippen LogP contribution in [0.15, 0.2) is 0 Å². The Kier molecular flexibility index (Phi) is 8.78. The van der Waals surface area contributed by atoms with Crippen LogP contribution >= 0.6 is 0 Å². The lowest BCUT2D eigenvalue weighted by Gasteiger charge is -2.35. The van der Waals surface area contributed by atoms with Crippen molar-refractivity contribution in [2.24, 2.45) is 11.5 Å². The summed E-state index contributed by atoms with van der Waals surface area (Å²) in [5.41, 5.74) is 11.7. The molecule has 0 heterocycles. The molecule has 0 aromatic heterocycles. The largest absolute Gasteiger partial charge is 0.396 e. The Hall–Kier alpha value is -0.200. The first-order valence-electron chi connectivity index (χ1n) is 5.97. The van der Waals surface area contributed by atoms with Crippen molar-refractivity contribution in [1.29, 1.82) is 0 Å². The van der Waals surface area contributed by atoms with Crippen molar-refractivity contribution in [2.75, 3.05) is 19.8 Å². The molecular weight excluding hydrogens is 208 g/mol. The number of nitrogens with two attached hydrogens (primary N) is 2. The number of hydrogen-bond donors (Lipinski definition) is 5. The van der Waals surface area contributed by atoms with Gasteiger partial charge in [-0.2, -0.15) is 0 Å². The van der Waals surface area contributed by atoms with Crippen molar-refractivity contribution in [3.63, 3.8) is 0 Å². The average Bonchev–Trinajstić information content (AvgIpc) is 2.30. The summed E-state index contributed by atoms with van der Waals surface area (Å²) in [6, 6.07) is -0.197. The normalized spacial score (nSPS) is 14.1. The quantitative estimate of drug-likeness (QED) is 0.344. The van der Waals surface area contributed by atoms with Gasteiger partial charge in [0.15, 0.2) is 0 Å². The summed E-state index contributed by atoms with van der Waals surface area (Å²) >= 11 is 0. The van der Waals surface area contributed by atoms with Crippen LogP contribution in [0.3, 0.4) is 0 Å². The third-order valence-electron chi connectivity index (χ3n) is 3.01. The van der Waals surface area contributed by atoms with Crippen LogP contribution in [0.25, 0.3) is 0 Å². The van der Waals surface area contributed by atoms with Crippen molar-refractivity contribution in [1.82, 2.24) is 0 Å². The maximum absolute atomic E-state index is 8.83. The molecule has 5 nitrogen and oxygen atoms in total. The second-order valence-corrected chi connectivity index (χ2v) is 4.36. The van der Waals surface area contributed by atoms with E-state index in [0.29, 0.717) is 38.5 Å². The van der Waals surface area contributed by atoms with E-state index in [9.17, 15) is 0 Å². The molecule has 0 saturated carbocycles. The second-order valence-electron chi connectivity index (χ2n) is 4.36. The number of aliphatic hydroxyl groups excluding tert-OH is 3. The van der Waals surface area contributed by atoms with E-state index < -0.39 is 5.54 Å². The topological polar surface area (TPSA) is 113 Å². The summed E-state index contributed by atoms with van der Waals surface area (Å²) in [5, 5.41) is 26.4. The molecule has 0 aliphatic carbocycles. The summed E-state index contributed by atoms with van der Waals surface area (Å²) in [6.07, 6.45) is 3.85. The third kappa shape index (κ3) is 5.77. The Morgan fingerprint density at radius 3 is 1.69 bits per heavy atom. The van der Waals surface area contributed by atoms with Crippen LogP contribution in [0.1, 0.15) is 38.5 Å². The summed E-state index contributed by atoms with van der Waals surface area (Å²) in [4.78, 5) is 0. The van der Waals surface area contributed by atoms with Gasteiger partial charge in [0, 0.05) is 31.4 Å². The molecule has 0 radical (unpaired) electrons. The summed E-state index contributed by atoms with van der Waals surface area (Å²) in [6.45, 7) is 0.319. The van der Waals surface area contributed by atoms with E-state index in [1.165, 1.54) is 0 Å². The molecule has 0 aliphatic rings. The van der Waals surface area contributed by atoms with Gasteiger partial charge in [-0.05, 0) is 38.5 Å². The van der Waals surface area contributed by atoms with Gasteiger partial charge < -0.3 is 26.8 Å². The molecule has 0 rings (SSSR count). The molecule has 0 bridgehead atoms. The zero-order valence-electron chi connectivity index (χ0n) is 9.94. The Balaban J connectivity index is 4.24. The first-order valence-corrected chi connectivity index (χ1v) is 5.97. The van der Waals surface area contributed by atoms with E-state index in [4.69, 9.17) is 26.8 Å². The van der Waals surface area contributed by atoms with Crippen molar-refractivity contribution >= 4 is 0 Å². The van der Waals surface area contributed by atoms with E-state index in [1.807, 2.05) is 0 Å². The highest BCUT2D eigenvalue weighted by atomic mass is 16.3. The summed E-state index contributed by atoms with van der Waals surface area (Å²) < 4.78 is 0. The molecule has 1 atom stereocenters. The molecule has 0 spiro atoms. The van der Waals surface area contributed by atoms with E-state index >= 15 is 0 Å². The van der Waals surface area contributed by atoms with Gasteiger partial charge in [0.2, 0.25) is 0 Å². The highest BCUT2D eigenvalue weighted by Gasteiger charge is 2.30. The number of aliphatic hydroxyl groups is 3. The third-order valence-corrected chi connectivity index (χ3v) is 3.01. The van der Waals surface area contributed by atoms with E-state index in [-0.39, 0.29) is 25.9 Å². The summed E-state index contributed by atoms with van der Waals surface area (Å²) in [7, 11) is 0. The first-order chi connectivity index (χ1) is 7.60. The summed E-state index contributed by atoms with van der Waals surface area (Å²) in [5.74, 6) is 0. The minimum Gasteiger partial charge on any atom is -0.396 e. The van der Waals surface area contributed by atoms with E-state index in [1.54, 1.807) is 0 Å². The Morgan fingerprint density at radius 1 is 0.875 bits per heavy atom. The molecule has 0 aromatic rings. The molecule has 16 heavy (non-hydrogen) atoms. The van der Waals surface area contributed by atoms with Gasteiger partial charge in [-0.1, -0.05) is 0 Å². The van der Waals surface area contributed by atoms with Gasteiger partial charge in [0.1, 0.15) is 0 Å². The standard InChI is InChI=1S/C11H26N2O3/c12-10(4-1-7-14)11(13,5-2-8-15)6-3-9-16/h10,14-16H,1-9,12-13H2. The smallest absolute Gasteiger partial charge is 0.0431 e. The zero-order valence-corrected chi connectivity index (χ0v) is 9.94. The average molecular weight is 234 g/mol. The lowest BCUT2D eigenvalue weighted by Crippen LogP contribution is -2.55. The van der Waals surface area contributed by atoms with Crippen molar-refractivity contribution in [2.45, 2.75) is 50.1 Å². The van der Waals surface area contributed by atoms with Gasteiger partial charge in [-0.3, -0.25) is 0 Å². The molecule has 5 heteroatoms. The molecule has 0 aliphatic heterocycles. The fourth-order valence-electron chi connectivity index (χ4n) is 1.91. The lowest BCUT2D eigenvalue weighted by atomic mass is 9.81. The Morgan fingerprint density at radius 2 is 1.31 bits per heavy atom. The van der Waals surface area contributed by atoms with Crippen molar-refractivity contribution < 1.29 is 15.3 Å². The highest BCUT2D eigenvalue weighted by molar-refractivity contribution is 4.93. The lowest BCUT2D eigenvalue weighted by molar-refractivity contribution is 0.200. The van der Waals surface area contributed by atoms with Crippen molar-refractivity contribution in [3.8, 4) is 0 Å². The van der Waals surface area contributed by atoms with Crippen LogP contribution < -0.4 is 11.5 Å². The van der Waals surface area contributed by atoms with E-state index in [0.717, 1.165) is 0 Å². The van der Waals surface area contributed by atoms with Gasteiger partial charge >= 0.3 is 0 Å². The van der Waals surface area contributed by atoms with Crippen LogP contribution in [0, 0.1) is 0 Å². The van der Waals surface area contributed by atoms with E-state index in [2.05, 4.69) is 0 Å². The van der Waals surface area contributed by atoms with Crippen LogP contribution in [-0.2, 0) is 0 Å². The van der Waals surface area contributed by atoms with Crippen LogP contribution in [0.5, 0.6) is 0 Å². The molecule has 1 unspecified atom stereocenters. The van der Waals surface area contributed by atoms with Crippen LogP contribution in [0.2, 0.25) is 0 Å². The van der Waals surface area contributed by atoms with Crippen molar-refractivity contribution in [3.05, 3.63) is 0 Å². The Bertz CT molecular complexity index is 159. The maximum Gasteiger partial charge on any atom is 0.0431 e. The predicted molar refractivity (Wildman–Crippen MR) is 63.9 cm³/mol. The molecule has 0 amide bonds. The minimum absolute atomic E-state index is 0.102. The molecule has 98 valence electrons. The highest BCUT2D eigenvalue weighted by Crippen LogP contribution is 2.22. The molecule has 0 aromatic carbocycles. The molecule has 7 N–H and O–H groups in total. The number of hydrogen-bond acceptors (Lipinski definition) is 5. The SMILES string of the molecule is NC(CCCO)C(N)(CCCO)CCCO. The predicted octanol–water partition coefficient (Wildman–Crippen LogP) is -0.671. The van der Waals surface area contributed by atoms with Crippen LogP contribution in [-0.4, -0.2) is 46.7 Å². The van der Waals surface area contributed by atoms with Gasteiger partial charge in [0.05, 0.1) is 0 Å². The monoisotopic (exact) mass is 234 g/mol. The van der Waals surface area contributed by atoms with Gasteiger partial charge in [0.25, 0.3) is 0 Å².